The van der Waals surface area contributed by atoms with Crippen molar-refractivity contribution in [3.05, 3.63) is 64.7 Å². The number of nitrogens with one attached hydrogen (secondary N) is 1. The van der Waals surface area contributed by atoms with Crippen LogP contribution in [0.5, 0.6) is 5.75 Å². The van der Waals surface area contributed by atoms with Gasteiger partial charge in [0.1, 0.15) is 11.8 Å². The van der Waals surface area contributed by atoms with Crippen LogP contribution in [0.2, 0.25) is 5.02 Å². The summed E-state index contributed by atoms with van der Waals surface area (Å²) in [4.78, 5) is 27.4. The minimum Gasteiger partial charge on any atom is -0.497 e. The first-order valence-corrected chi connectivity index (χ1v) is 11.9. The Morgan fingerprint density at radius 3 is 2.42 bits per heavy atom. The van der Waals surface area contributed by atoms with E-state index in [1.54, 1.807) is 18.9 Å². The molecule has 1 atom stereocenters. The summed E-state index contributed by atoms with van der Waals surface area (Å²) in [5, 5.41) is 3.62. The van der Waals surface area contributed by atoms with Gasteiger partial charge in [-0.2, -0.15) is 0 Å². The van der Waals surface area contributed by atoms with E-state index in [2.05, 4.69) is 5.32 Å². The molecule has 0 aliphatic heterocycles. The van der Waals surface area contributed by atoms with E-state index >= 15 is 0 Å². The molecule has 0 aromatic heterocycles. The number of methoxy groups -OCH3 is 1. The Kier molecular flexibility index (Phi) is 10.2. The molecule has 31 heavy (non-hydrogen) atoms. The van der Waals surface area contributed by atoms with Crippen molar-refractivity contribution in [3.8, 4) is 5.75 Å². The van der Waals surface area contributed by atoms with Crippen LogP contribution in [0, 0.1) is 5.92 Å². The quantitative estimate of drug-likeness (QED) is 0.522. The van der Waals surface area contributed by atoms with Gasteiger partial charge in [0.25, 0.3) is 0 Å². The lowest BCUT2D eigenvalue weighted by Gasteiger charge is -2.29. The lowest BCUT2D eigenvalue weighted by Crippen LogP contribution is -2.48. The zero-order valence-electron chi connectivity index (χ0n) is 18.6. The number of hydrogen-bond donors (Lipinski definition) is 1. The SMILES string of the molecule is COc1ccc(CN(C(=O)CSCc2cccc(Cl)c2)[C@@H](C)C(=O)NCC(C)C)cc1. The molecular formula is C24H31ClN2O3S. The van der Waals surface area contributed by atoms with Crippen LogP contribution >= 0.6 is 23.4 Å². The first-order chi connectivity index (χ1) is 14.8. The topological polar surface area (TPSA) is 58.6 Å². The molecular weight excluding hydrogens is 432 g/mol. The largest absolute Gasteiger partial charge is 0.497 e. The average Bonchev–Trinajstić information content (AvgIpc) is 2.75. The van der Waals surface area contributed by atoms with Crippen molar-refractivity contribution in [2.45, 2.75) is 39.1 Å². The van der Waals surface area contributed by atoms with Crippen LogP contribution in [0.3, 0.4) is 0 Å². The smallest absolute Gasteiger partial charge is 0.242 e. The van der Waals surface area contributed by atoms with E-state index in [9.17, 15) is 9.59 Å². The van der Waals surface area contributed by atoms with Gasteiger partial charge < -0.3 is 15.0 Å². The van der Waals surface area contributed by atoms with E-state index in [1.807, 2.05) is 62.4 Å². The third-order valence-corrected chi connectivity index (χ3v) is 5.97. The molecule has 0 unspecified atom stereocenters. The molecule has 0 spiro atoms. The molecule has 5 nitrogen and oxygen atoms in total. The number of amides is 2. The summed E-state index contributed by atoms with van der Waals surface area (Å²) in [5.41, 5.74) is 2.01. The maximum absolute atomic E-state index is 13.1. The van der Waals surface area contributed by atoms with E-state index in [0.29, 0.717) is 29.8 Å². The minimum atomic E-state index is -0.569. The molecule has 0 heterocycles. The van der Waals surface area contributed by atoms with E-state index in [0.717, 1.165) is 16.9 Å². The standard InChI is InChI=1S/C24H31ClN2O3S/c1-17(2)13-26-24(29)18(3)27(14-19-8-10-22(30-4)11-9-19)23(28)16-31-15-20-6-5-7-21(25)12-20/h5-12,17-18H,13-16H2,1-4H3,(H,26,29)/t18-/m0/s1. The molecule has 2 aromatic carbocycles. The maximum Gasteiger partial charge on any atom is 0.242 e. The van der Waals surface area contributed by atoms with Crippen LogP contribution in [0.1, 0.15) is 31.9 Å². The van der Waals surface area contributed by atoms with Crippen molar-refractivity contribution in [2.75, 3.05) is 19.4 Å². The molecule has 2 rings (SSSR count). The molecule has 0 aliphatic rings. The third kappa shape index (κ3) is 8.46. The zero-order chi connectivity index (χ0) is 22.8. The highest BCUT2D eigenvalue weighted by atomic mass is 35.5. The van der Waals surface area contributed by atoms with E-state index in [1.165, 1.54) is 11.8 Å². The van der Waals surface area contributed by atoms with Gasteiger partial charge in [0.05, 0.1) is 12.9 Å². The molecule has 2 aromatic rings. The number of hydrogen-bond acceptors (Lipinski definition) is 4. The molecule has 0 saturated carbocycles. The average molecular weight is 463 g/mol. The molecule has 0 aliphatic carbocycles. The lowest BCUT2D eigenvalue weighted by molar-refractivity contribution is -0.138. The number of carbonyl (C=O) groups excluding carboxylic acids is 2. The highest BCUT2D eigenvalue weighted by Crippen LogP contribution is 2.19. The molecule has 0 saturated heterocycles. The summed E-state index contributed by atoms with van der Waals surface area (Å²) in [6, 6.07) is 14.6. The van der Waals surface area contributed by atoms with Crippen LogP contribution < -0.4 is 10.1 Å². The van der Waals surface area contributed by atoms with Gasteiger partial charge in [0.2, 0.25) is 11.8 Å². The summed E-state index contributed by atoms with van der Waals surface area (Å²) >= 11 is 7.55. The fourth-order valence-corrected chi connectivity index (χ4v) is 4.00. The number of nitrogens with zero attached hydrogens (tertiary/aromatic N) is 1. The molecule has 168 valence electrons. The molecule has 7 heteroatoms. The fraction of sp³-hybridized carbons (Fsp3) is 0.417. The normalized spacial score (nSPS) is 11.8. The Morgan fingerprint density at radius 2 is 1.81 bits per heavy atom. The van der Waals surface area contributed by atoms with Crippen LogP contribution in [0.15, 0.2) is 48.5 Å². The maximum atomic E-state index is 13.1. The fourth-order valence-electron chi connectivity index (χ4n) is 2.93. The first kappa shape index (κ1) is 25.1. The van der Waals surface area contributed by atoms with Crippen molar-refractivity contribution in [1.29, 1.82) is 0 Å². The Labute approximate surface area is 194 Å². The number of rotatable bonds is 11. The second-order valence-electron chi connectivity index (χ2n) is 7.81. The number of halogens is 1. The van der Waals surface area contributed by atoms with Gasteiger partial charge in [-0.15, -0.1) is 11.8 Å². The minimum absolute atomic E-state index is 0.0740. The lowest BCUT2D eigenvalue weighted by atomic mass is 10.1. The molecule has 1 N–H and O–H groups in total. The van der Waals surface area contributed by atoms with Crippen LogP contribution in [0.25, 0.3) is 0 Å². The van der Waals surface area contributed by atoms with Gasteiger partial charge in [0, 0.05) is 23.9 Å². The summed E-state index contributed by atoms with van der Waals surface area (Å²) in [6.45, 7) is 6.79. The third-order valence-electron chi connectivity index (χ3n) is 4.75. The molecule has 2 amide bonds. The molecule has 0 bridgehead atoms. The Morgan fingerprint density at radius 1 is 1.10 bits per heavy atom. The number of benzene rings is 2. The Balaban J connectivity index is 2.06. The summed E-state index contributed by atoms with van der Waals surface area (Å²) in [5.74, 6) is 1.84. The second kappa shape index (κ2) is 12.6. The zero-order valence-corrected chi connectivity index (χ0v) is 20.1. The number of carbonyl (C=O) groups is 2. The Hall–Kier alpha value is -2.18. The second-order valence-corrected chi connectivity index (χ2v) is 9.23. The highest BCUT2D eigenvalue weighted by Gasteiger charge is 2.26. The van der Waals surface area contributed by atoms with Crippen molar-refractivity contribution in [3.63, 3.8) is 0 Å². The van der Waals surface area contributed by atoms with Gasteiger partial charge >= 0.3 is 0 Å². The first-order valence-electron chi connectivity index (χ1n) is 10.3. The van der Waals surface area contributed by atoms with Gasteiger partial charge in [-0.25, -0.2) is 0 Å². The van der Waals surface area contributed by atoms with Gasteiger partial charge in [-0.3, -0.25) is 9.59 Å². The van der Waals surface area contributed by atoms with Crippen LogP contribution in [-0.4, -0.2) is 42.2 Å². The highest BCUT2D eigenvalue weighted by molar-refractivity contribution is 7.99. The van der Waals surface area contributed by atoms with Crippen molar-refractivity contribution < 1.29 is 14.3 Å². The van der Waals surface area contributed by atoms with E-state index in [4.69, 9.17) is 16.3 Å². The van der Waals surface area contributed by atoms with Crippen molar-refractivity contribution in [2.24, 2.45) is 5.92 Å². The number of ether oxygens (including phenoxy) is 1. The van der Waals surface area contributed by atoms with Crippen LogP contribution in [-0.2, 0) is 21.9 Å². The van der Waals surface area contributed by atoms with Gasteiger partial charge in [0.15, 0.2) is 0 Å². The van der Waals surface area contributed by atoms with Crippen molar-refractivity contribution >= 4 is 35.2 Å². The molecule has 0 radical (unpaired) electrons. The van der Waals surface area contributed by atoms with E-state index < -0.39 is 6.04 Å². The van der Waals surface area contributed by atoms with Crippen molar-refractivity contribution in [1.82, 2.24) is 10.2 Å². The molecule has 0 fully saturated rings. The van der Waals surface area contributed by atoms with E-state index in [-0.39, 0.29) is 17.6 Å². The summed E-state index contributed by atoms with van der Waals surface area (Å²) < 4.78 is 5.21. The Bertz CT molecular complexity index is 858. The van der Waals surface area contributed by atoms with Crippen LogP contribution in [0.4, 0.5) is 0 Å². The summed E-state index contributed by atoms with van der Waals surface area (Å²) in [7, 11) is 1.61. The summed E-state index contributed by atoms with van der Waals surface area (Å²) in [6.07, 6.45) is 0. The number of thioether (sulfide) groups is 1. The predicted octanol–water partition coefficient (Wildman–Crippen LogP) is 4.77. The predicted molar refractivity (Wildman–Crippen MR) is 128 cm³/mol. The van der Waals surface area contributed by atoms with Gasteiger partial charge in [-0.1, -0.05) is 49.7 Å². The monoisotopic (exact) mass is 462 g/mol. The van der Waals surface area contributed by atoms with Gasteiger partial charge in [-0.05, 0) is 48.2 Å².